The molecular weight excluding hydrogens is 372 g/mol. The van der Waals surface area contributed by atoms with Crippen LogP contribution >= 0.6 is 0 Å². The van der Waals surface area contributed by atoms with Crippen LogP contribution in [0.1, 0.15) is 19.9 Å². The monoisotopic (exact) mass is 396 g/mol. The van der Waals surface area contributed by atoms with Gasteiger partial charge >= 0.3 is 6.03 Å². The molecule has 1 aliphatic heterocycles. The van der Waals surface area contributed by atoms with E-state index in [4.69, 9.17) is 14.7 Å². The van der Waals surface area contributed by atoms with Gasteiger partial charge in [0.2, 0.25) is 0 Å². The Morgan fingerprint density at radius 1 is 1.14 bits per heavy atom. The van der Waals surface area contributed by atoms with Gasteiger partial charge < -0.3 is 20.3 Å². The summed E-state index contributed by atoms with van der Waals surface area (Å²) in [7, 11) is 1.58. The molecule has 0 atom stereocenters. The van der Waals surface area contributed by atoms with Crippen molar-refractivity contribution in [3.8, 4) is 11.4 Å². The highest BCUT2D eigenvalue weighted by Gasteiger charge is 2.22. The number of aromatic nitrogens is 5. The number of urea groups is 1. The fourth-order valence-corrected chi connectivity index (χ4v) is 3.18. The average Bonchev–Trinajstić information content (AvgIpc) is 3.18. The lowest BCUT2D eigenvalue weighted by atomic mass is 10.2. The molecule has 0 spiro atoms. The highest BCUT2D eigenvalue weighted by atomic mass is 16.5. The molecule has 10 heteroatoms. The van der Waals surface area contributed by atoms with Crippen LogP contribution in [0.25, 0.3) is 22.6 Å². The SMILES string of the molecule is CNC(=O)Nc1ccc(-c2nc(N3CCOCC3)c3nnn(C(C)C)c3n2)cc1. The van der Waals surface area contributed by atoms with Crippen LogP contribution in [-0.4, -0.2) is 64.3 Å². The third-order valence-corrected chi connectivity index (χ3v) is 4.73. The van der Waals surface area contributed by atoms with Crippen molar-refractivity contribution < 1.29 is 9.53 Å². The van der Waals surface area contributed by atoms with E-state index in [1.165, 1.54) is 0 Å². The highest BCUT2D eigenvalue weighted by molar-refractivity contribution is 5.89. The second kappa shape index (κ2) is 8.00. The average molecular weight is 396 g/mol. The van der Waals surface area contributed by atoms with Gasteiger partial charge in [0.15, 0.2) is 22.8 Å². The Hall–Kier alpha value is -3.27. The van der Waals surface area contributed by atoms with Gasteiger partial charge in [0.05, 0.1) is 19.3 Å². The van der Waals surface area contributed by atoms with Crippen molar-refractivity contribution in [1.82, 2.24) is 30.3 Å². The molecule has 1 aromatic carbocycles. The van der Waals surface area contributed by atoms with Crippen molar-refractivity contribution in [1.29, 1.82) is 0 Å². The van der Waals surface area contributed by atoms with Gasteiger partial charge in [-0.3, -0.25) is 0 Å². The summed E-state index contributed by atoms with van der Waals surface area (Å²) in [5, 5.41) is 13.9. The Morgan fingerprint density at radius 3 is 2.52 bits per heavy atom. The number of carbonyl (C=O) groups is 1. The molecule has 0 radical (unpaired) electrons. The number of fused-ring (bicyclic) bond motifs is 1. The Kier molecular flexibility index (Phi) is 5.26. The topological polar surface area (TPSA) is 110 Å². The zero-order chi connectivity index (χ0) is 20.4. The fourth-order valence-electron chi connectivity index (χ4n) is 3.18. The van der Waals surface area contributed by atoms with Gasteiger partial charge in [-0.05, 0) is 38.1 Å². The van der Waals surface area contributed by atoms with E-state index in [-0.39, 0.29) is 12.1 Å². The number of anilines is 2. The number of hydrogen-bond donors (Lipinski definition) is 2. The van der Waals surface area contributed by atoms with Gasteiger partial charge in [0.1, 0.15) is 0 Å². The summed E-state index contributed by atoms with van der Waals surface area (Å²) in [6, 6.07) is 7.28. The molecule has 0 saturated carbocycles. The zero-order valence-electron chi connectivity index (χ0n) is 16.7. The maximum Gasteiger partial charge on any atom is 0.318 e. The van der Waals surface area contributed by atoms with Crippen LogP contribution < -0.4 is 15.5 Å². The summed E-state index contributed by atoms with van der Waals surface area (Å²) in [6.07, 6.45) is 0. The molecule has 152 valence electrons. The number of nitrogens with zero attached hydrogens (tertiary/aromatic N) is 6. The quantitative estimate of drug-likeness (QED) is 0.694. The number of benzene rings is 1. The maximum atomic E-state index is 11.5. The molecule has 0 aliphatic carbocycles. The fraction of sp³-hybridized carbons (Fsp3) is 0.421. The molecule has 10 nitrogen and oxygen atoms in total. The Labute approximate surface area is 168 Å². The van der Waals surface area contributed by atoms with E-state index in [1.54, 1.807) is 7.05 Å². The lowest BCUT2D eigenvalue weighted by molar-refractivity contribution is 0.122. The molecule has 0 bridgehead atoms. The first-order valence-electron chi connectivity index (χ1n) is 9.61. The molecule has 1 saturated heterocycles. The number of morpholine rings is 1. The Morgan fingerprint density at radius 2 is 1.86 bits per heavy atom. The van der Waals surface area contributed by atoms with Crippen molar-refractivity contribution in [2.45, 2.75) is 19.9 Å². The minimum atomic E-state index is -0.267. The number of carbonyl (C=O) groups excluding carboxylic acids is 1. The van der Waals surface area contributed by atoms with Crippen LogP contribution in [0.4, 0.5) is 16.3 Å². The molecule has 4 rings (SSSR count). The standard InChI is InChI=1S/C19H24N8O2/c1-12(2)27-18-15(24-25-27)17(26-8-10-29-11-9-26)22-16(23-18)13-4-6-14(7-5-13)21-19(28)20-3/h4-7,12H,8-11H2,1-3H3,(H2,20,21,28). The minimum Gasteiger partial charge on any atom is -0.378 e. The Bertz CT molecular complexity index is 1010. The van der Waals surface area contributed by atoms with Gasteiger partial charge in [-0.25, -0.2) is 19.4 Å². The summed E-state index contributed by atoms with van der Waals surface area (Å²) in [6.45, 7) is 6.88. The Balaban J connectivity index is 1.77. The lowest BCUT2D eigenvalue weighted by Crippen LogP contribution is -2.37. The molecule has 1 fully saturated rings. The largest absolute Gasteiger partial charge is 0.378 e. The van der Waals surface area contributed by atoms with Crippen molar-refractivity contribution in [3.05, 3.63) is 24.3 Å². The molecule has 2 amide bonds. The molecule has 0 unspecified atom stereocenters. The minimum absolute atomic E-state index is 0.124. The number of rotatable bonds is 4. The van der Waals surface area contributed by atoms with Crippen molar-refractivity contribution in [2.75, 3.05) is 43.6 Å². The van der Waals surface area contributed by atoms with Gasteiger partial charge in [0.25, 0.3) is 0 Å². The molecule has 3 aromatic rings. The smallest absolute Gasteiger partial charge is 0.318 e. The van der Waals surface area contributed by atoms with Gasteiger partial charge in [0, 0.05) is 31.4 Å². The predicted molar refractivity (Wildman–Crippen MR) is 110 cm³/mol. The van der Waals surface area contributed by atoms with Crippen LogP contribution in [-0.2, 0) is 4.74 Å². The van der Waals surface area contributed by atoms with Crippen LogP contribution in [0.15, 0.2) is 24.3 Å². The van der Waals surface area contributed by atoms with Crippen LogP contribution in [0.3, 0.4) is 0 Å². The first kappa shape index (κ1) is 19.1. The summed E-state index contributed by atoms with van der Waals surface area (Å²) in [5.41, 5.74) is 2.94. The lowest BCUT2D eigenvalue weighted by Gasteiger charge is -2.28. The van der Waals surface area contributed by atoms with E-state index in [1.807, 2.05) is 42.8 Å². The van der Waals surface area contributed by atoms with Gasteiger partial charge in [-0.2, -0.15) is 0 Å². The molecule has 1 aliphatic rings. The highest BCUT2D eigenvalue weighted by Crippen LogP contribution is 2.28. The van der Waals surface area contributed by atoms with E-state index in [2.05, 4.69) is 25.8 Å². The van der Waals surface area contributed by atoms with Crippen molar-refractivity contribution in [3.63, 3.8) is 0 Å². The molecule has 2 N–H and O–H groups in total. The summed E-state index contributed by atoms with van der Waals surface area (Å²) in [4.78, 5) is 23.2. The first-order chi connectivity index (χ1) is 14.1. The zero-order valence-corrected chi connectivity index (χ0v) is 16.7. The van der Waals surface area contributed by atoms with Crippen molar-refractivity contribution in [2.24, 2.45) is 0 Å². The normalized spacial score (nSPS) is 14.4. The van der Waals surface area contributed by atoms with E-state index >= 15 is 0 Å². The van der Waals surface area contributed by atoms with E-state index in [0.717, 1.165) is 24.5 Å². The first-order valence-corrected chi connectivity index (χ1v) is 9.61. The molecule has 3 heterocycles. The van der Waals surface area contributed by atoms with E-state index in [9.17, 15) is 4.79 Å². The van der Waals surface area contributed by atoms with Crippen LogP contribution in [0.2, 0.25) is 0 Å². The molecular formula is C19H24N8O2. The van der Waals surface area contributed by atoms with E-state index in [0.29, 0.717) is 35.9 Å². The van der Waals surface area contributed by atoms with Crippen LogP contribution in [0.5, 0.6) is 0 Å². The summed E-state index contributed by atoms with van der Waals surface area (Å²) >= 11 is 0. The third kappa shape index (κ3) is 3.83. The van der Waals surface area contributed by atoms with Gasteiger partial charge in [-0.15, -0.1) is 5.10 Å². The molecule has 29 heavy (non-hydrogen) atoms. The van der Waals surface area contributed by atoms with E-state index < -0.39 is 0 Å². The maximum absolute atomic E-state index is 11.5. The number of amides is 2. The number of nitrogens with one attached hydrogen (secondary N) is 2. The summed E-state index contributed by atoms with van der Waals surface area (Å²) in [5.74, 6) is 1.36. The number of ether oxygens (including phenoxy) is 1. The van der Waals surface area contributed by atoms with Crippen LogP contribution in [0, 0.1) is 0 Å². The second-order valence-electron chi connectivity index (χ2n) is 7.05. The predicted octanol–water partition coefficient (Wildman–Crippen LogP) is 2.06. The van der Waals surface area contributed by atoms with Crippen molar-refractivity contribution >= 4 is 28.7 Å². The number of hydrogen-bond acceptors (Lipinski definition) is 7. The molecule has 2 aromatic heterocycles. The van der Waals surface area contributed by atoms with Gasteiger partial charge in [-0.1, -0.05) is 5.21 Å². The third-order valence-electron chi connectivity index (χ3n) is 4.73. The summed E-state index contributed by atoms with van der Waals surface area (Å²) < 4.78 is 7.29. The second-order valence-corrected chi connectivity index (χ2v) is 7.05.